The zero-order chi connectivity index (χ0) is 15.4. The maximum absolute atomic E-state index is 12.9. The van der Waals surface area contributed by atoms with Crippen LogP contribution in [0.5, 0.6) is 0 Å². The Hall–Kier alpha value is -1.76. The Balaban J connectivity index is 1.63. The summed E-state index contributed by atoms with van der Waals surface area (Å²) in [5.41, 5.74) is 0.505. The van der Waals surface area contributed by atoms with Gasteiger partial charge in [0.05, 0.1) is 11.8 Å². The van der Waals surface area contributed by atoms with E-state index in [0.29, 0.717) is 16.8 Å². The van der Waals surface area contributed by atoms with Crippen molar-refractivity contribution < 1.29 is 9.18 Å². The van der Waals surface area contributed by atoms with Gasteiger partial charge in [-0.25, -0.2) is 9.07 Å². The second-order valence-electron chi connectivity index (χ2n) is 5.42. The van der Waals surface area contributed by atoms with Crippen LogP contribution in [0.2, 0.25) is 0 Å². The number of carbonyl (C=O) groups is 1. The van der Waals surface area contributed by atoms with Crippen LogP contribution in [0.25, 0.3) is 0 Å². The highest BCUT2D eigenvalue weighted by molar-refractivity contribution is 7.99. The van der Waals surface area contributed by atoms with Crippen molar-refractivity contribution in [3.63, 3.8) is 0 Å². The zero-order valence-electron chi connectivity index (χ0n) is 12.1. The van der Waals surface area contributed by atoms with Gasteiger partial charge >= 0.3 is 0 Å². The second kappa shape index (κ2) is 7.00. The molecule has 7 heteroatoms. The van der Waals surface area contributed by atoms with Crippen molar-refractivity contribution in [2.45, 2.75) is 43.3 Å². The summed E-state index contributed by atoms with van der Waals surface area (Å²) >= 11 is 1.34. The minimum atomic E-state index is -0.342. The molecule has 5 nitrogen and oxygen atoms in total. The Labute approximate surface area is 132 Å². The van der Waals surface area contributed by atoms with Crippen LogP contribution in [0, 0.1) is 5.82 Å². The Morgan fingerprint density at radius 2 is 1.95 bits per heavy atom. The summed E-state index contributed by atoms with van der Waals surface area (Å²) in [6.45, 7) is 0. The Bertz CT molecular complexity index is 637. The number of hydrogen-bond acceptors (Lipinski definition) is 5. The molecule has 0 bridgehead atoms. The summed E-state index contributed by atoms with van der Waals surface area (Å²) in [5.74, 6) is -0.146. The molecule has 3 rings (SSSR count). The third-order valence-electron chi connectivity index (χ3n) is 3.88. The third kappa shape index (κ3) is 3.52. The third-order valence-corrected chi connectivity index (χ3v) is 4.82. The Kier molecular flexibility index (Phi) is 4.82. The lowest BCUT2D eigenvalue weighted by molar-refractivity contribution is 0.102. The number of rotatable bonds is 5. The number of thioether (sulfide) groups is 1. The van der Waals surface area contributed by atoms with Crippen molar-refractivity contribution in [3.05, 3.63) is 35.6 Å². The lowest BCUT2D eigenvalue weighted by Crippen LogP contribution is -2.15. The van der Waals surface area contributed by atoms with Crippen LogP contribution in [0.15, 0.2) is 29.4 Å². The monoisotopic (exact) mass is 320 g/mol. The van der Waals surface area contributed by atoms with Crippen LogP contribution in [0.3, 0.4) is 0 Å². The molecule has 2 aromatic rings. The van der Waals surface area contributed by atoms with E-state index in [1.54, 1.807) is 0 Å². The van der Waals surface area contributed by atoms with Gasteiger partial charge in [-0.15, -0.1) is 5.10 Å². The summed E-state index contributed by atoms with van der Waals surface area (Å²) in [6, 6.07) is 5.94. The van der Waals surface area contributed by atoms with Crippen LogP contribution in [0.1, 0.15) is 48.5 Å². The SMILES string of the molecule is O=C(CSc1nnnn1C1CCCCC1)c1ccc(F)cc1. The largest absolute Gasteiger partial charge is 0.293 e. The molecular weight excluding hydrogens is 303 g/mol. The van der Waals surface area contributed by atoms with Crippen molar-refractivity contribution in [3.8, 4) is 0 Å². The molecule has 116 valence electrons. The van der Waals surface area contributed by atoms with Gasteiger partial charge < -0.3 is 0 Å². The summed E-state index contributed by atoms with van der Waals surface area (Å²) in [5, 5.41) is 12.5. The fourth-order valence-electron chi connectivity index (χ4n) is 2.68. The molecule has 1 aromatic carbocycles. The molecule has 0 N–H and O–H groups in total. The molecule has 0 saturated heterocycles. The number of aromatic nitrogens is 4. The molecule has 1 saturated carbocycles. The summed E-state index contributed by atoms with van der Waals surface area (Å²) in [6.07, 6.45) is 5.84. The number of halogens is 1. The van der Waals surface area contributed by atoms with Crippen molar-refractivity contribution in [1.29, 1.82) is 0 Å². The normalized spacial score (nSPS) is 15.9. The molecule has 0 unspecified atom stereocenters. The molecule has 0 amide bonds. The average Bonchev–Trinajstić information content (AvgIpc) is 3.02. The van der Waals surface area contributed by atoms with Crippen LogP contribution < -0.4 is 0 Å². The number of nitrogens with zero attached hydrogens (tertiary/aromatic N) is 4. The highest BCUT2D eigenvalue weighted by atomic mass is 32.2. The first-order valence-corrected chi connectivity index (χ1v) is 8.42. The molecule has 22 heavy (non-hydrogen) atoms. The first kappa shape index (κ1) is 15.1. The van der Waals surface area contributed by atoms with E-state index in [-0.39, 0.29) is 17.4 Å². The quantitative estimate of drug-likeness (QED) is 0.625. The fourth-order valence-corrected chi connectivity index (χ4v) is 3.52. The van der Waals surface area contributed by atoms with Crippen molar-refractivity contribution in [2.24, 2.45) is 0 Å². The predicted molar refractivity (Wildman–Crippen MR) is 81.4 cm³/mol. The van der Waals surface area contributed by atoms with Gasteiger partial charge in [0.2, 0.25) is 5.16 Å². The molecule has 0 radical (unpaired) electrons. The minimum absolute atomic E-state index is 0.0526. The smallest absolute Gasteiger partial charge is 0.210 e. The van der Waals surface area contributed by atoms with E-state index >= 15 is 0 Å². The Morgan fingerprint density at radius 1 is 1.23 bits per heavy atom. The minimum Gasteiger partial charge on any atom is -0.293 e. The van der Waals surface area contributed by atoms with E-state index in [4.69, 9.17) is 0 Å². The number of benzene rings is 1. The topological polar surface area (TPSA) is 60.7 Å². The van der Waals surface area contributed by atoms with Gasteiger partial charge in [-0.3, -0.25) is 4.79 Å². The molecule has 1 fully saturated rings. The number of ketones is 1. The predicted octanol–water partition coefficient (Wildman–Crippen LogP) is 3.29. The Morgan fingerprint density at radius 3 is 2.68 bits per heavy atom. The number of tetrazole rings is 1. The molecule has 0 spiro atoms. The average molecular weight is 320 g/mol. The standard InChI is InChI=1S/C15H17FN4OS/c16-12-8-6-11(7-9-12)14(21)10-22-15-17-18-19-20(15)13-4-2-1-3-5-13/h6-9,13H,1-5,10H2. The lowest BCUT2D eigenvalue weighted by atomic mass is 9.96. The van der Waals surface area contributed by atoms with Gasteiger partial charge in [-0.05, 0) is 47.5 Å². The highest BCUT2D eigenvalue weighted by Crippen LogP contribution is 2.30. The molecule has 1 heterocycles. The number of hydrogen-bond donors (Lipinski definition) is 0. The van der Waals surface area contributed by atoms with E-state index in [0.717, 1.165) is 12.8 Å². The van der Waals surface area contributed by atoms with Gasteiger partial charge in [0.25, 0.3) is 0 Å². The molecule has 1 aliphatic carbocycles. The van der Waals surface area contributed by atoms with Crippen LogP contribution in [-0.4, -0.2) is 31.7 Å². The van der Waals surface area contributed by atoms with Crippen LogP contribution in [-0.2, 0) is 0 Å². The fraction of sp³-hybridized carbons (Fsp3) is 0.467. The molecule has 1 aliphatic rings. The zero-order valence-corrected chi connectivity index (χ0v) is 12.9. The first-order chi connectivity index (χ1) is 10.7. The van der Waals surface area contributed by atoms with Crippen molar-refractivity contribution in [2.75, 3.05) is 5.75 Å². The van der Waals surface area contributed by atoms with Gasteiger partial charge in [0.15, 0.2) is 5.78 Å². The lowest BCUT2D eigenvalue weighted by Gasteiger charge is -2.21. The maximum Gasteiger partial charge on any atom is 0.210 e. The van der Waals surface area contributed by atoms with Gasteiger partial charge in [0.1, 0.15) is 5.82 Å². The first-order valence-electron chi connectivity index (χ1n) is 7.43. The highest BCUT2D eigenvalue weighted by Gasteiger charge is 2.20. The number of Topliss-reactive ketones (excluding diaryl/α,β-unsaturated/α-hetero) is 1. The molecule has 0 aliphatic heterocycles. The van der Waals surface area contributed by atoms with Gasteiger partial charge in [-0.2, -0.15) is 0 Å². The second-order valence-corrected chi connectivity index (χ2v) is 6.36. The van der Waals surface area contributed by atoms with Crippen molar-refractivity contribution >= 4 is 17.5 Å². The van der Waals surface area contributed by atoms with E-state index in [2.05, 4.69) is 15.5 Å². The van der Waals surface area contributed by atoms with Gasteiger partial charge in [-0.1, -0.05) is 31.0 Å². The number of carbonyl (C=O) groups excluding carboxylic acids is 1. The molecular formula is C15H17FN4OS. The van der Waals surface area contributed by atoms with E-state index < -0.39 is 0 Å². The van der Waals surface area contributed by atoms with E-state index in [9.17, 15) is 9.18 Å². The summed E-state index contributed by atoms with van der Waals surface area (Å²) < 4.78 is 14.7. The van der Waals surface area contributed by atoms with Gasteiger partial charge in [0, 0.05) is 5.56 Å². The van der Waals surface area contributed by atoms with Crippen LogP contribution >= 0.6 is 11.8 Å². The maximum atomic E-state index is 12.9. The molecule has 0 atom stereocenters. The van der Waals surface area contributed by atoms with E-state index in [1.807, 2.05) is 4.68 Å². The molecule has 1 aromatic heterocycles. The summed E-state index contributed by atoms with van der Waals surface area (Å²) in [4.78, 5) is 12.1. The van der Waals surface area contributed by atoms with Crippen LogP contribution in [0.4, 0.5) is 4.39 Å². The summed E-state index contributed by atoms with van der Waals surface area (Å²) in [7, 11) is 0. The van der Waals surface area contributed by atoms with Crippen molar-refractivity contribution in [1.82, 2.24) is 20.2 Å². The van der Waals surface area contributed by atoms with E-state index in [1.165, 1.54) is 55.3 Å².